The minimum absolute atomic E-state index is 0.0884. The van der Waals surface area contributed by atoms with Crippen molar-refractivity contribution in [3.8, 4) is 11.5 Å². The van der Waals surface area contributed by atoms with Gasteiger partial charge in [0.05, 0.1) is 12.7 Å². The highest BCUT2D eigenvalue weighted by Gasteiger charge is 2.21. The number of ether oxygens (including phenoxy) is 2. The molecule has 1 aromatic carbocycles. The zero-order valence-electron chi connectivity index (χ0n) is 10.9. The molecule has 0 radical (unpaired) electrons. The molecule has 2 N–H and O–H groups in total. The average molecular weight is 287 g/mol. The Hall–Kier alpha value is -0.970. The molecule has 1 aliphatic rings. The van der Waals surface area contributed by atoms with Crippen molar-refractivity contribution in [1.29, 1.82) is 0 Å². The third-order valence-corrected chi connectivity index (χ3v) is 3.69. The molecule has 5 heteroatoms. The van der Waals surface area contributed by atoms with Crippen molar-refractivity contribution in [2.24, 2.45) is 0 Å². The minimum atomic E-state index is -0.728. The Bertz CT molecular complexity index is 436. The molecule has 1 aliphatic heterocycles. The van der Waals surface area contributed by atoms with Gasteiger partial charge in [-0.05, 0) is 30.4 Å². The predicted octanol–water partition coefficient (Wildman–Crippen LogP) is 2.35. The SMILES string of the molecule is CCC(CC(O)CO)c1cc2c(cc1Cl)OCCO2. The maximum absolute atomic E-state index is 9.60. The van der Waals surface area contributed by atoms with E-state index in [-0.39, 0.29) is 12.5 Å². The van der Waals surface area contributed by atoms with Gasteiger partial charge < -0.3 is 19.7 Å². The van der Waals surface area contributed by atoms with Gasteiger partial charge in [-0.15, -0.1) is 0 Å². The Balaban J connectivity index is 2.26. The topological polar surface area (TPSA) is 58.9 Å². The lowest BCUT2D eigenvalue weighted by atomic mass is 9.90. The number of hydrogen-bond donors (Lipinski definition) is 2. The molecule has 19 heavy (non-hydrogen) atoms. The van der Waals surface area contributed by atoms with Gasteiger partial charge in [-0.3, -0.25) is 0 Å². The van der Waals surface area contributed by atoms with Crippen LogP contribution in [-0.2, 0) is 0 Å². The van der Waals surface area contributed by atoms with Crippen molar-refractivity contribution in [1.82, 2.24) is 0 Å². The fourth-order valence-electron chi connectivity index (χ4n) is 2.31. The summed E-state index contributed by atoms with van der Waals surface area (Å²) in [6, 6.07) is 3.65. The Morgan fingerprint density at radius 2 is 1.89 bits per heavy atom. The number of aliphatic hydroxyl groups is 2. The molecular formula is C14H19ClO4. The van der Waals surface area contributed by atoms with Crippen LogP contribution in [0, 0.1) is 0 Å². The zero-order chi connectivity index (χ0) is 13.8. The van der Waals surface area contributed by atoms with Crippen LogP contribution >= 0.6 is 11.6 Å². The second-order valence-corrected chi connectivity index (χ2v) is 5.10. The van der Waals surface area contributed by atoms with Crippen LogP contribution in [0.4, 0.5) is 0 Å². The Kier molecular flexibility index (Phi) is 4.91. The predicted molar refractivity (Wildman–Crippen MR) is 73.2 cm³/mol. The molecule has 0 aliphatic carbocycles. The third kappa shape index (κ3) is 3.32. The highest BCUT2D eigenvalue weighted by Crippen LogP contribution is 2.40. The van der Waals surface area contributed by atoms with Gasteiger partial charge in [0, 0.05) is 11.1 Å². The van der Waals surface area contributed by atoms with Crippen molar-refractivity contribution in [3.63, 3.8) is 0 Å². The van der Waals surface area contributed by atoms with Gasteiger partial charge in [-0.25, -0.2) is 0 Å². The summed E-state index contributed by atoms with van der Waals surface area (Å²) in [5.74, 6) is 1.45. The monoisotopic (exact) mass is 286 g/mol. The molecular weight excluding hydrogens is 268 g/mol. The van der Waals surface area contributed by atoms with Crippen LogP contribution in [0.2, 0.25) is 5.02 Å². The number of rotatable bonds is 5. The summed E-state index contributed by atoms with van der Waals surface area (Å²) in [6.45, 7) is 2.85. The van der Waals surface area contributed by atoms with E-state index >= 15 is 0 Å². The second-order valence-electron chi connectivity index (χ2n) is 4.69. The number of hydrogen-bond acceptors (Lipinski definition) is 4. The quantitative estimate of drug-likeness (QED) is 0.872. The smallest absolute Gasteiger partial charge is 0.162 e. The Morgan fingerprint density at radius 3 is 2.47 bits per heavy atom. The molecule has 0 aromatic heterocycles. The summed E-state index contributed by atoms with van der Waals surface area (Å²) in [5.41, 5.74) is 0.931. The molecule has 4 nitrogen and oxygen atoms in total. The van der Waals surface area contributed by atoms with Crippen molar-refractivity contribution in [2.45, 2.75) is 31.8 Å². The molecule has 0 saturated carbocycles. The van der Waals surface area contributed by atoms with E-state index in [1.165, 1.54) is 0 Å². The first-order valence-electron chi connectivity index (χ1n) is 6.53. The van der Waals surface area contributed by atoms with Crippen LogP contribution in [-0.4, -0.2) is 36.1 Å². The Morgan fingerprint density at radius 1 is 1.26 bits per heavy atom. The van der Waals surface area contributed by atoms with Gasteiger partial charge in [0.15, 0.2) is 11.5 Å². The van der Waals surface area contributed by atoms with Gasteiger partial charge >= 0.3 is 0 Å². The molecule has 0 fully saturated rings. The normalized spacial score (nSPS) is 17.1. The van der Waals surface area contributed by atoms with E-state index in [1.807, 2.05) is 13.0 Å². The summed E-state index contributed by atoms with van der Waals surface area (Å²) in [4.78, 5) is 0. The van der Waals surface area contributed by atoms with Crippen LogP contribution in [0.5, 0.6) is 11.5 Å². The highest BCUT2D eigenvalue weighted by atomic mass is 35.5. The number of benzene rings is 1. The van der Waals surface area contributed by atoms with Gasteiger partial charge in [0.25, 0.3) is 0 Å². The molecule has 2 atom stereocenters. The largest absolute Gasteiger partial charge is 0.486 e. The molecule has 1 heterocycles. The lowest BCUT2D eigenvalue weighted by molar-refractivity contribution is 0.0817. The fraction of sp³-hybridized carbons (Fsp3) is 0.571. The highest BCUT2D eigenvalue weighted by molar-refractivity contribution is 6.31. The molecule has 0 spiro atoms. The summed E-state index contributed by atoms with van der Waals surface area (Å²) < 4.78 is 11.0. The molecule has 0 saturated heterocycles. The van der Waals surface area contributed by atoms with Crippen LogP contribution in [0.15, 0.2) is 12.1 Å². The lowest BCUT2D eigenvalue weighted by Gasteiger charge is -2.24. The van der Waals surface area contributed by atoms with E-state index in [2.05, 4.69) is 0 Å². The summed E-state index contributed by atoms with van der Waals surface area (Å²) in [6.07, 6.45) is 0.581. The summed E-state index contributed by atoms with van der Waals surface area (Å²) >= 11 is 6.28. The van der Waals surface area contributed by atoms with Crippen molar-refractivity contribution < 1.29 is 19.7 Å². The molecule has 2 unspecified atom stereocenters. The summed E-state index contributed by atoms with van der Waals surface area (Å²) in [7, 11) is 0. The second kappa shape index (κ2) is 6.46. The summed E-state index contributed by atoms with van der Waals surface area (Å²) in [5, 5.41) is 19.2. The van der Waals surface area contributed by atoms with Crippen LogP contribution in [0.1, 0.15) is 31.2 Å². The molecule has 0 bridgehead atoms. The van der Waals surface area contributed by atoms with Gasteiger partial charge in [-0.1, -0.05) is 18.5 Å². The van der Waals surface area contributed by atoms with Crippen molar-refractivity contribution >= 4 is 11.6 Å². The fourth-order valence-corrected chi connectivity index (χ4v) is 2.62. The Labute approximate surface area is 117 Å². The molecule has 0 amide bonds. The van der Waals surface area contributed by atoms with E-state index in [9.17, 15) is 5.11 Å². The van der Waals surface area contributed by atoms with Crippen LogP contribution < -0.4 is 9.47 Å². The first kappa shape index (κ1) is 14.4. The first-order chi connectivity index (χ1) is 9.15. The van der Waals surface area contributed by atoms with E-state index < -0.39 is 6.10 Å². The van der Waals surface area contributed by atoms with Crippen LogP contribution in [0.25, 0.3) is 0 Å². The first-order valence-corrected chi connectivity index (χ1v) is 6.91. The van der Waals surface area contributed by atoms with Crippen molar-refractivity contribution in [3.05, 3.63) is 22.7 Å². The molecule has 1 aromatic rings. The standard InChI is InChI=1S/C14H19ClO4/c1-2-9(5-10(17)8-16)11-6-13-14(7-12(11)15)19-4-3-18-13/h6-7,9-10,16-17H,2-5,8H2,1H3. The van der Waals surface area contributed by atoms with E-state index in [1.54, 1.807) is 6.07 Å². The molecule has 106 valence electrons. The van der Waals surface area contributed by atoms with Crippen LogP contribution in [0.3, 0.4) is 0 Å². The lowest BCUT2D eigenvalue weighted by Crippen LogP contribution is -2.18. The van der Waals surface area contributed by atoms with Gasteiger partial charge in [0.2, 0.25) is 0 Å². The van der Waals surface area contributed by atoms with E-state index in [0.717, 1.165) is 12.0 Å². The minimum Gasteiger partial charge on any atom is -0.486 e. The number of fused-ring (bicyclic) bond motifs is 1. The average Bonchev–Trinajstić information content (AvgIpc) is 2.44. The number of halogens is 1. The van der Waals surface area contributed by atoms with Crippen molar-refractivity contribution in [2.75, 3.05) is 19.8 Å². The number of aliphatic hydroxyl groups excluding tert-OH is 2. The van der Waals surface area contributed by atoms with E-state index in [4.69, 9.17) is 26.2 Å². The van der Waals surface area contributed by atoms with Gasteiger partial charge in [-0.2, -0.15) is 0 Å². The third-order valence-electron chi connectivity index (χ3n) is 3.36. The maximum atomic E-state index is 9.60. The zero-order valence-corrected chi connectivity index (χ0v) is 11.7. The van der Waals surface area contributed by atoms with Gasteiger partial charge in [0.1, 0.15) is 13.2 Å². The maximum Gasteiger partial charge on any atom is 0.162 e. The van der Waals surface area contributed by atoms with E-state index in [0.29, 0.717) is 36.2 Å². The molecule has 2 rings (SSSR count).